The van der Waals surface area contributed by atoms with Crippen LogP contribution in [0.15, 0.2) is 47.5 Å². The lowest BCUT2D eigenvalue weighted by atomic mass is 10.1. The van der Waals surface area contributed by atoms with Gasteiger partial charge in [0.1, 0.15) is 0 Å². The van der Waals surface area contributed by atoms with Crippen molar-refractivity contribution in [1.29, 1.82) is 0 Å². The van der Waals surface area contributed by atoms with Crippen LogP contribution in [0.2, 0.25) is 0 Å². The van der Waals surface area contributed by atoms with Gasteiger partial charge in [0, 0.05) is 11.8 Å². The third-order valence-electron chi connectivity index (χ3n) is 5.94. The molecule has 2 fully saturated rings. The molecule has 0 bridgehead atoms. The number of sulfonamides is 1. The fourth-order valence-electron chi connectivity index (χ4n) is 4.27. The summed E-state index contributed by atoms with van der Waals surface area (Å²) in [5.41, 5.74) is 1.32. The van der Waals surface area contributed by atoms with Gasteiger partial charge in [-0.2, -0.15) is 4.31 Å². The van der Waals surface area contributed by atoms with E-state index in [4.69, 9.17) is 9.47 Å². The van der Waals surface area contributed by atoms with E-state index in [1.165, 1.54) is 23.1 Å². The van der Waals surface area contributed by atoms with Crippen molar-refractivity contribution in [3.63, 3.8) is 0 Å². The Kier molecular flexibility index (Phi) is 4.86. The molecule has 3 aliphatic heterocycles. The third kappa shape index (κ3) is 3.14. The quantitative estimate of drug-likeness (QED) is 0.689. The maximum absolute atomic E-state index is 13.6. The van der Waals surface area contributed by atoms with Crippen molar-refractivity contribution in [2.24, 2.45) is 0 Å². The van der Waals surface area contributed by atoms with Gasteiger partial charge < -0.3 is 9.47 Å². The Morgan fingerprint density at radius 1 is 1.12 bits per heavy atom. The summed E-state index contributed by atoms with van der Waals surface area (Å²) in [5, 5.41) is 0. The number of nitrogens with zero attached hydrogens (tertiary/aromatic N) is 3. The number of anilines is 1. The smallest absolute Gasteiger partial charge is 0.293 e. The van der Waals surface area contributed by atoms with Gasteiger partial charge in [-0.05, 0) is 43.7 Å². The van der Waals surface area contributed by atoms with Crippen LogP contribution < -0.4 is 4.90 Å². The fourth-order valence-corrected chi connectivity index (χ4v) is 5.80. The molecule has 32 heavy (non-hydrogen) atoms. The summed E-state index contributed by atoms with van der Waals surface area (Å²) in [4.78, 5) is 19.2. The van der Waals surface area contributed by atoms with Crippen molar-refractivity contribution >= 4 is 21.6 Å². The number of fused-ring (bicyclic) bond motifs is 2. The summed E-state index contributed by atoms with van der Waals surface area (Å²) in [5.74, 6) is -5.29. The van der Waals surface area contributed by atoms with Crippen LogP contribution in [0.4, 0.5) is 14.5 Å². The maximum atomic E-state index is 13.6. The van der Waals surface area contributed by atoms with Gasteiger partial charge in [0.2, 0.25) is 10.0 Å². The molecule has 2 aromatic rings. The van der Waals surface area contributed by atoms with Crippen molar-refractivity contribution < 1.29 is 31.5 Å². The van der Waals surface area contributed by atoms with E-state index in [0.717, 1.165) is 4.31 Å². The molecule has 2 saturated heterocycles. The molecule has 1 unspecified atom stereocenters. The molecule has 1 aromatic carbocycles. The summed E-state index contributed by atoms with van der Waals surface area (Å²) < 4.78 is 64.7. The Bertz CT molecular complexity index is 1160. The second-order valence-electron chi connectivity index (χ2n) is 8.08. The number of halogens is 2. The molecule has 0 aliphatic carbocycles. The lowest BCUT2D eigenvalue weighted by Crippen LogP contribution is -2.58. The molecule has 0 radical (unpaired) electrons. The van der Waals surface area contributed by atoms with E-state index < -0.39 is 46.8 Å². The molecule has 1 amide bonds. The monoisotopic (exact) mass is 465 g/mol. The minimum Gasteiger partial charge on any atom is -0.338 e. The highest BCUT2D eigenvalue weighted by molar-refractivity contribution is 7.89. The molecule has 11 heteroatoms. The number of carbonyl (C=O) groups is 1. The highest BCUT2D eigenvalue weighted by Gasteiger charge is 2.57. The third-order valence-corrected chi connectivity index (χ3v) is 7.73. The Labute approximate surface area is 183 Å². The van der Waals surface area contributed by atoms with Crippen LogP contribution in [-0.2, 0) is 30.1 Å². The average Bonchev–Trinajstić information content (AvgIpc) is 3.00. The predicted molar refractivity (Wildman–Crippen MR) is 108 cm³/mol. The van der Waals surface area contributed by atoms with Crippen LogP contribution in [0.5, 0.6) is 0 Å². The number of ether oxygens (including phenoxy) is 2. The standard InChI is InChI=1S/C21H21F2N3O5S/c1-14(17-5-2-3-8-24-17)26-18-7-6-15(32(28,29)25-12-20(22,23)13-25)11-16(18)21(19(26)27)30-9-4-10-31-21/h2-3,5-8,11,14H,4,9-10,12-13H2,1H3. The van der Waals surface area contributed by atoms with Crippen LogP contribution in [0.25, 0.3) is 0 Å². The zero-order valence-corrected chi connectivity index (χ0v) is 18.0. The van der Waals surface area contributed by atoms with Gasteiger partial charge in [-0.1, -0.05) is 6.07 Å². The number of carbonyl (C=O) groups excluding carboxylic acids is 1. The molecular weight excluding hydrogens is 444 g/mol. The Balaban J connectivity index is 1.59. The summed E-state index contributed by atoms with van der Waals surface area (Å²) >= 11 is 0. The zero-order valence-electron chi connectivity index (χ0n) is 17.2. The molecule has 5 rings (SSSR count). The molecule has 170 valence electrons. The molecule has 1 aromatic heterocycles. The van der Waals surface area contributed by atoms with E-state index in [1.807, 2.05) is 6.07 Å². The molecule has 1 spiro atoms. The predicted octanol–water partition coefficient (Wildman–Crippen LogP) is 2.42. The van der Waals surface area contributed by atoms with Gasteiger partial charge in [-0.25, -0.2) is 17.2 Å². The van der Waals surface area contributed by atoms with E-state index in [-0.39, 0.29) is 23.7 Å². The van der Waals surface area contributed by atoms with Gasteiger partial charge in [0.25, 0.3) is 17.6 Å². The van der Waals surface area contributed by atoms with Crippen LogP contribution in [0.3, 0.4) is 0 Å². The van der Waals surface area contributed by atoms with Gasteiger partial charge in [-0.3, -0.25) is 14.7 Å². The second-order valence-corrected chi connectivity index (χ2v) is 10.0. The summed E-state index contributed by atoms with van der Waals surface area (Å²) in [6.45, 7) is 0.579. The Morgan fingerprint density at radius 2 is 1.84 bits per heavy atom. The number of amides is 1. The van der Waals surface area contributed by atoms with Crippen molar-refractivity contribution in [2.75, 3.05) is 31.2 Å². The highest BCUT2D eigenvalue weighted by Crippen LogP contribution is 2.49. The lowest BCUT2D eigenvalue weighted by molar-refractivity contribution is -0.257. The Hall–Kier alpha value is -2.47. The van der Waals surface area contributed by atoms with E-state index in [1.54, 1.807) is 25.3 Å². The van der Waals surface area contributed by atoms with Crippen molar-refractivity contribution in [1.82, 2.24) is 9.29 Å². The fraction of sp³-hybridized carbons (Fsp3) is 0.429. The molecular formula is C21H21F2N3O5S. The van der Waals surface area contributed by atoms with E-state index in [0.29, 0.717) is 17.8 Å². The minimum absolute atomic E-state index is 0.191. The Morgan fingerprint density at radius 3 is 2.47 bits per heavy atom. The number of rotatable bonds is 4. The van der Waals surface area contributed by atoms with E-state index in [9.17, 15) is 22.0 Å². The van der Waals surface area contributed by atoms with Crippen molar-refractivity contribution in [3.8, 4) is 0 Å². The largest absolute Gasteiger partial charge is 0.338 e. The number of pyridine rings is 1. The molecule has 4 heterocycles. The SMILES string of the molecule is CC(c1ccccn1)N1C(=O)C2(OCCCO2)c2cc(S(=O)(=O)N3CC(F)(F)C3)ccc21. The first-order valence-electron chi connectivity index (χ1n) is 10.2. The zero-order chi connectivity index (χ0) is 22.7. The molecule has 8 nitrogen and oxygen atoms in total. The van der Waals surface area contributed by atoms with Gasteiger partial charge in [0.15, 0.2) is 0 Å². The molecule has 0 N–H and O–H groups in total. The first-order chi connectivity index (χ1) is 15.2. The van der Waals surface area contributed by atoms with E-state index in [2.05, 4.69) is 4.98 Å². The number of hydrogen-bond acceptors (Lipinski definition) is 6. The van der Waals surface area contributed by atoms with Crippen molar-refractivity contribution in [2.45, 2.75) is 36.0 Å². The maximum Gasteiger partial charge on any atom is 0.293 e. The number of alkyl halides is 2. The van der Waals surface area contributed by atoms with Gasteiger partial charge in [-0.15, -0.1) is 0 Å². The highest BCUT2D eigenvalue weighted by atomic mass is 32.2. The summed E-state index contributed by atoms with van der Waals surface area (Å²) in [6.07, 6.45) is 2.20. The van der Waals surface area contributed by atoms with Crippen molar-refractivity contribution in [3.05, 3.63) is 53.9 Å². The number of hydrogen-bond donors (Lipinski definition) is 0. The minimum atomic E-state index is -4.16. The second kappa shape index (κ2) is 7.27. The lowest BCUT2D eigenvalue weighted by Gasteiger charge is -2.37. The van der Waals surface area contributed by atoms with Crippen LogP contribution >= 0.6 is 0 Å². The topological polar surface area (TPSA) is 89.0 Å². The molecule has 1 atom stereocenters. The first-order valence-corrected chi connectivity index (χ1v) is 11.6. The normalized spacial score (nSPS) is 23.1. The van der Waals surface area contributed by atoms with Crippen LogP contribution in [-0.4, -0.2) is 55.8 Å². The number of aromatic nitrogens is 1. The average molecular weight is 465 g/mol. The van der Waals surface area contributed by atoms with Crippen LogP contribution in [0.1, 0.15) is 30.6 Å². The molecule has 3 aliphatic rings. The summed E-state index contributed by atoms with van der Waals surface area (Å²) in [7, 11) is -4.16. The van der Waals surface area contributed by atoms with Gasteiger partial charge >= 0.3 is 0 Å². The molecule has 0 saturated carbocycles. The van der Waals surface area contributed by atoms with Gasteiger partial charge in [0.05, 0.1) is 48.6 Å². The first kappa shape index (κ1) is 21.4. The summed E-state index contributed by atoms with van der Waals surface area (Å²) in [6, 6.07) is 8.99. The van der Waals surface area contributed by atoms with E-state index >= 15 is 0 Å². The number of benzene rings is 1. The van der Waals surface area contributed by atoms with Crippen LogP contribution in [0, 0.1) is 0 Å².